The molecule has 1 aromatic carbocycles. The highest BCUT2D eigenvalue weighted by molar-refractivity contribution is 9.10. The molecule has 0 N–H and O–H groups in total. The third-order valence-electron chi connectivity index (χ3n) is 1.45. The van der Waals surface area contributed by atoms with Crippen LogP contribution in [0.25, 0.3) is 0 Å². The zero-order chi connectivity index (χ0) is 9.30. The van der Waals surface area contributed by atoms with Crippen LogP contribution in [0.5, 0.6) is 0 Å². The van der Waals surface area contributed by atoms with E-state index in [-0.39, 0.29) is 5.69 Å². The number of nitrogens with zero attached hydrogens (tertiary/aromatic N) is 1. The molecule has 0 heterocycles. The molecule has 64 valence electrons. The maximum Gasteiger partial charge on any atom is 0.287 e. The Bertz CT molecular complexity index is 340. The molecule has 0 aromatic heterocycles. The van der Waals surface area contributed by atoms with Crippen LogP contribution in [0.4, 0.5) is 5.69 Å². The molecule has 0 spiro atoms. The van der Waals surface area contributed by atoms with Crippen molar-refractivity contribution in [1.82, 2.24) is 0 Å². The number of nitro benzene ring substituents is 1. The molecule has 0 aliphatic heterocycles. The summed E-state index contributed by atoms with van der Waals surface area (Å²) in [5.41, 5.74) is 0.624. The number of rotatable bonds is 1. The summed E-state index contributed by atoms with van der Waals surface area (Å²) in [5, 5.41) is 10.9. The van der Waals surface area contributed by atoms with Crippen molar-refractivity contribution in [3.63, 3.8) is 0 Å². The molecule has 3 nitrogen and oxygen atoms in total. The monoisotopic (exact) mass is 249 g/mol. The maximum absolute atomic E-state index is 10.5. The molecule has 0 unspecified atom stereocenters. The second-order valence-corrected chi connectivity index (χ2v) is 3.48. The van der Waals surface area contributed by atoms with Crippen molar-refractivity contribution in [3.05, 3.63) is 37.3 Å². The Morgan fingerprint density at radius 1 is 1.58 bits per heavy atom. The average molecular weight is 250 g/mol. The fourth-order valence-corrected chi connectivity index (χ4v) is 1.60. The number of hydrogen-bond acceptors (Lipinski definition) is 2. The SMILES string of the molecule is Cc1ccc(Cl)c(Br)c1[N+](=O)[O-]. The van der Waals surface area contributed by atoms with Crippen LogP contribution in [-0.2, 0) is 0 Å². The van der Waals surface area contributed by atoms with Gasteiger partial charge in [0, 0.05) is 5.56 Å². The van der Waals surface area contributed by atoms with Crippen LogP contribution in [0.1, 0.15) is 5.56 Å². The molecule has 0 saturated carbocycles. The summed E-state index contributed by atoms with van der Waals surface area (Å²) in [6.07, 6.45) is 0. The van der Waals surface area contributed by atoms with E-state index in [4.69, 9.17) is 11.6 Å². The van der Waals surface area contributed by atoms with E-state index in [2.05, 4.69) is 15.9 Å². The van der Waals surface area contributed by atoms with Crippen molar-refractivity contribution >= 4 is 33.2 Å². The number of halogens is 2. The van der Waals surface area contributed by atoms with E-state index in [1.165, 1.54) is 0 Å². The molecular weight excluding hydrogens is 245 g/mol. The third kappa shape index (κ3) is 1.59. The first-order valence-electron chi connectivity index (χ1n) is 3.13. The number of benzene rings is 1. The topological polar surface area (TPSA) is 43.1 Å². The standard InChI is InChI=1S/C7H5BrClNO2/c1-4-2-3-5(9)6(8)7(4)10(11)12/h2-3H,1H3. The van der Waals surface area contributed by atoms with Crippen molar-refractivity contribution in [2.45, 2.75) is 6.92 Å². The van der Waals surface area contributed by atoms with E-state index in [0.717, 1.165) is 0 Å². The molecule has 0 fully saturated rings. The van der Waals surface area contributed by atoms with Crippen molar-refractivity contribution in [2.75, 3.05) is 0 Å². The molecule has 1 aromatic rings. The Kier molecular flexibility index (Phi) is 2.69. The number of aryl methyl sites for hydroxylation is 1. The van der Waals surface area contributed by atoms with Crippen LogP contribution in [0.2, 0.25) is 5.02 Å². The van der Waals surface area contributed by atoms with Gasteiger partial charge in [0.15, 0.2) is 0 Å². The van der Waals surface area contributed by atoms with E-state index in [9.17, 15) is 10.1 Å². The van der Waals surface area contributed by atoms with Crippen LogP contribution < -0.4 is 0 Å². The summed E-state index contributed by atoms with van der Waals surface area (Å²) in [6, 6.07) is 3.24. The van der Waals surface area contributed by atoms with Crippen molar-refractivity contribution in [3.8, 4) is 0 Å². The molecular formula is C7H5BrClNO2. The van der Waals surface area contributed by atoms with E-state index in [1.807, 2.05) is 0 Å². The van der Waals surface area contributed by atoms with E-state index < -0.39 is 4.92 Å². The van der Waals surface area contributed by atoms with Crippen molar-refractivity contribution in [1.29, 1.82) is 0 Å². The molecule has 12 heavy (non-hydrogen) atoms. The summed E-state index contributed by atoms with van der Waals surface area (Å²) >= 11 is 8.74. The highest BCUT2D eigenvalue weighted by Gasteiger charge is 2.17. The first-order valence-corrected chi connectivity index (χ1v) is 4.30. The molecule has 5 heteroatoms. The normalized spacial score (nSPS) is 9.92. The van der Waals surface area contributed by atoms with Gasteiger partial charge in [0.25, 0.3) is 5.69 Å². The van der Waals surface area contributed by atoms with Gasteiger partial charge < -0.3 is 0 Å². The van der Waals surface area contributed by atoms with Gasteiger partial charge in [0.2, 0.25) is 0 Å². The number of hydrogen-bond donors (Lipinski definition) is 0. The van der Waals surface area contributed by atoms with Crippen LogP contribution >= 0.6 is 27.5 Å². The van der Waals surface area contributed by atoms with Crippen LogP contribution in [0.15, 0.2) is 16.6 Å². The lowest BCUT2D eigenvalue weighted by atomic mass is 10.2. The Balaban J connectivity index is 3.43. The first-order chi connectivity index (χ1) is 5.54. The van der Waals surface area contributed by atoms with Gasteiger partial charge in [-0.1, -0.05) is 17.7 Å². The van der Waals surface area contributed by atoms with Gasteiger partial charge in [0.1, 0.15) is 4.47 Å². The smallest absolute Gasteiger partial charge is 0.258 e. The van der Waals surface area contributed by atoms with Gasteiger partial charge in [-0.3, -0.25) is 10.1 Å². The lowest BCUT2D eigenvalue weighted by molar-refractivity contribution is -0.386. The minimum atomic E-state index is -0.453. The summed E-state index contributed by atoms with van der Waals surface area (Å²) in [7, 11) is 0. The van der Waals surface area contributed by atoms with Gasteiger partial charge >= 0.3 is 0 Å². The van der Waals surface area contributed by atoms with Crippen LogP contribution in [0, 0.1) is 17.0 Å². The molecule has 0 saturated heterocycles. The third-order valence-corrected chi connectivity index (χ3v) is 2.80. The molecule has 0 radical (unpaired) electrons. The Morgan fingerprint density at radius 2 is 2.17 bits per heavy atom. The fraction of sp³-hybridized carbons (Fsp3) is 0.143. The lowest BCUT2D eigenvalue weighted by Crippen LogP contribution is -1.92. The van der Waals surface area contributed by atoms with Gasteiger partial charge in [-0.05, 0) is 28.9 Å². The summed E-state index contributed by atoms with van der Waals surface area (Å²) in [6.45, 7) is 1.67. The molecule has 0 bridgehead atoms. The molecule has 0 aliphatic rings. The summed E-state index contributed by atoms with van der Waals surface area (Å²) in [5.74, 6) is 0. The maximum atomic E-state index is 10.5. The van der Waals surface area contributed by atoms with Crippen molar-refractivity contribution < 1.29 is 4.92 Å². The van der Waals surface area contributed by atoms with Crippen LogP contribution in [0.3, 0.4) is 0 Å². The Hall–Kier alpha value is -0.610. The minimum Gasteiger partial charge on any atom is -0.258 e. The van der Waals surface area contributed by atoms with Gasteiger partial charge in [-0.25, -0.2) is 0 Å². The minimum absolute atomic E-state index is 0.0301. The Labute approximate surface area is 82.6 Å². The number of nitro groups is 1. The van der Waals surface area contributed by atoms with E-state index in [1.54, 1.807) is 19.1 Å². The first kappa shape index (κ1) is 9.48. The van der Waals surface area contributed by atoms with Crippen LogP contribution in [-0.4, -0.2) is 4.92 Å². The van der Waals surface area contributed by atoms with Crippen molar-refractivity contribution in [2.24, 2.45) is 0 Å². The molecule has 1 rings (SSSR count). The zero-order valence-electron chi connectivity index (χ0n) is 6.17. The second kappa shape index (κ2) is 3.41. The van der Waals surface area contributed by atoms with Gasteiger partial charge in [-0.2, -0.15) is 0 Å². The van der Waals surface area contributed by atoms with Gasteiger partial charge in [-0.15, -0.1) is 0 Å². The summed E-state index contributed by atoms with van der Waals surface area (Å²) < 4.78 is 0.342. The molecule has 0 aliphatic carbocycles. The quantitative estimate of drug-likeness (QED) is 0.567. The largest absolute Gasteiger partial charge is 0.287 e. The van der Waals surface area contributed by atoms with E-state index >= 15 is 0 Å². The average Bonchev–Trinajstić information content (AvgIpc) is 1.97. The highest BCUT2D eigenvalue weighted by atomic mass is 79.9. The summed E-state index contributed by atoms with van der Waals surface area (Å²) in [4.78, 5) is 10.1. The molecule has 0 amide bonds. The van der Waals surface area contributed by atoms with E-state index in [0.29, 0.717) is 15.1 Å². The molecule has 0 atom stereocenters. The fourth-order valence-electron chi connectivity index (χ4n) is 0.861. The lowest BCUT2D eigenvalue weighted by Gasteiger charge is -2.00. The highest BCUT2D eigenvalue weighted by Crippen LogP contribution is 2.34. The van der Waals surface area contributed by atoms with Gasteiger partial charge in [0.05, 0.1) is 9.95 Å². The Morgan fingerprint density at radius 3 is 2.58 bits per heavy atom. The zero-order valence-corrected chi connectivity index (χ0v) is 8.52. The second-order valence-electron chi connectivity index (χ2n) is 2.28. The predicted octanol–water partition coefficient (Wildman–Crippen LogP) is 3.32. The predicted molar refractivity (Wildman–Crippen MR) is 50.5 cm³/mol.